The summed E-state index contributed by atoms with van der Waals surface area (Å²) in [5.41, 5.74) is 0.0943. The molecule has 1 heterocycles. The molecule has 0 aliphatic heterocycles. The summed E-state index contributed by atoms with van der Waals surface area (Å²) in [6, 6.07) is 0. The van der Waals surface area contributed by atoms with E-state index < -0.39 is 0 Å². The van der Waals surface area contributed by atoms with Crippen LogP contribution in [0.15, 0.2) is 4.42 Å². The lowest BCUT2D eigenvalue weighted by molar-refractivity contribution is 0.336. The molecule has 1 fully saturated rings. The van der Waals surface area contributed by atoms with Crippen LogP contribution in [0.1, 0.15) is 56.7 Å². The summed E-state index contributed by atoms with van der Waals surface area (Å²) in [7, 11) is 0. The standard InChI is InChI=1S/C10H15ClN2O/c1-7(11)8-12-13-9(14-8)10(2)5-3-4-6-10/h7H,3-6H2,1-2H3. The second kappa shape index (κ2) is 3.54. The third-order valence-corrected chi connectivity index (χ3v) is 3.19. The summed E-state index contributed by atoms with van der Waals surface area (Å²) < 4.78 is 5.58. The summed E-state index contributed by atoms with van der Waals surface area (Å²) in [6.07, 6.45) is 4.80. The summed E-state index contributed by atoms with van der Waals surface area (Å²) in [5.74, 6) is 1.30. The molecule has 1 unspecified atom stereocenters. The molecule has 1 aromatic rings. The maximum absolute atomic E-state index is 5.87. The van der Waals surface area contributed by atoms with E-state index in [-0.39, 0.29) is 10.8 Å². The first-order valence-electron chi connectivity index (χ1n) is 5.10. The van der Waals surface area contributed by atoms with Crippen LogP contribution in [0.4, 0.5) is 0 Å². The van der Waals surface area contributed by atoms with Crippen LogP contribution in [0.2, 0.25) is 0 Å². The van der Waals surface area contributed by atoms with Crippen molar-refractivity contribution in [3.63, 3.8) is 0 Å². The Bertz CT molecular complexity index is 316. The van der Waals surface area contributed by atoms with Crippen molar-refractivity contribution in [3.8, 4) is 0 Å². The van der Waals surface area contributed by atoms with Crippen LogP contribution in [0, 0.1) is 0 Å². The minimum atomic E-state index is -0.193. The first kappa shape index (κ1) is 9.97. The normalized spacial score (nSPS) is 22.5. The monoisotopic (exact) mass is 214 g/mol. The molecular weight excluding hydrogens is 200 g/mol. The molecule has 14 heavy (non-hydrogen) atoms. The highest BCUT2D eigenvalue weighted by Gasteiger charge is 2.36. The Balaban J connectivity index is 2.23. The number of aromatic nitrogens is 2. The average molecular weight is 215 g/mol. The fourth-order valence-corrected chi connectivity index (χ4v) is 2.10. The molecule has 78 valence electrons. The van der Waals surface area contributed by atoms with Crippen molar-refractivity contribution in [1.29, 1.82) is 0 Å². The van der Waals surface area contributed by atoms with Crippen molar-refractivity contribution in [2.45, 2.75) is 50.3 Å². The third kappa shape index (κ3) is 1.65. The van der Waals surface area contributed by atoms with Gasteiger partial charge in [0.15, 0.2) is 0 Å². The molecule has 4 heteroatoms. The Labute approximate surface area is 88.9 Å². The van der Waals surface area contributed by atoms with Crippen LogP contribution in [-0.2, 0) is 5.41 Å². The fourth-order valence-electron chi connectivity index (χ4n) is 2.01. The molecule has 1 saturated carbocycles. The molecule has 1 aliphatic carbocycles. The maximum Gasteiger partial charge on any atom is 0.234 e. The van der Waals surface area contributed by atoms with Gasteiger partial charge in [0, 0.05) is 5.41 Å². The Morgan fingerprint density at radius 1 is 1.36 bits per heavy atom. The quantitative estimate of drug-likeness (QED) is 0.710. The summed E-state index contributed by atoms with van der Waals surface area (Å²) in [5, 5.41) is 7.85. The molecule has 1 aliphatic rings. The Morgan fingerprint density at radius 3 is 2.50 bits per heavy atom. The lowest BCUT2D eigenvalue weighted by atomic mass is 9.89. The van der Waals surface area contributed by atoms with E-state index in [0.29, 0.717) is 5.89 Å². The second-order valence-corrected chi connectivity index (χ2v) is 4.98. The first-order valence-corrected chi connectivity index (χ1v) is 5.53. The number of hydrogen-bond donors (Lipinski definition) is 0. The number of rotatable bonds is 2. The molecule has 0 bridgehead atoms. The predicted octanol–water partition coefficient (Wildman–Crippen LogP) is 3.20. The smallest absolute Gasteiger partial charge is 0.234 e. The summed E-state index contributed by atoms with van der Waals surface area (Å²) in [4.78, 5) is 0. The van der Waals surface area contributed by atoms with Crippen molar-refractivity contribution < 1.29 is 4.42 Å². The van der Waals surface area contributed by atoms with E-state index in [2.05, 4.69) is 17.1 Å². The average Bonchev–Trinajstić information content (AvgIpc) is 2.71. The Hall–Kier alpha value is -0.570. The van der Waals surface area contributed by atoms with Crippen LogP contribution in [-0.4, -0.2) is 10.2 Å². The van der Waals surface area contributed by atoms with Crippen LogP contribution >= 0.6 is 11.6 Å². The highest BCUT2D eigenvalue weighted by atomic mass is 35.5. The van der Waals surface area contributed by atoms with Gasteiger partial charge in [-0.1, -0.05) is 19.8 Å². The molecule has 0 spiro atoms. The molecule has 1 atom stereocenters. The Morgan fingerprint density at radius 2 is 2.00 bits per heavy atom. The van der Waals surface area contributed by atoms with E-state index in [1.807, 2.05) is 6.92 Å². The maximum atomic E-state index is 5.87. The van der Waals surface area contributed by atoms with Crippen molar-refractivity contribution in [2.75, 3.05) is 0 Å². The highest BCUT2D eigenvalue weighted by molar-refractivity contribution is 6.20. The SMILES string of the molecule is CC(Cl)c1nnc(C2(C)CCCC2)o1. The molecule has 0 saturated heterocycles. The van der Waals surface area contributed by atoms with Crippen LogP contribution in [0.25, 0.3) is 0 Å². The van der Waals surface area contributed by atoms with Gasteiger partial charge in [0.05, 0.1) is 0 Å². The zero-order valence-electron chi connectivity index (χ0n) is 8.59. The minimum Gasteiger partial charge on any atom is -0.423 e. The molecule has 1 aromatic heterocycles. The van der Waals surface area contributed by atoms with E-state index in [4.69, 9.17) is 16.0 Å². The summed E-state index contributed by atoms with van der Waals surface area (Å²) >= 11 is 5.87. The van der Waals surface area contributed by atoms with Crippen LogP contribution in [0.5, 0.6) is 0 Å². The van der Waals surface area contributed by atoms with Gasteiger partial charge in [0.2, 0.25) is 11.8 Å². The number of alkyl halides is 1. The van der Waals surface area contributed by atoms with Gasteiger partial charge in [-0.2, -0.15) is 0 Å². The van der Waals surface area contributed by atoms with Crippen molar-refractivity contribution >= 4 is 11.6 Å². The molecule has 0 aromatic carbocycles. The second-order valence-electron chi connectivity index (χ2n) is 4.33. The summed E-state index contributed by atoms with van der Waals surface area (Å²) in [6.45, 7) is 4.03. The lowest BCUT2D eigenvalue weighted by Crippen LogP contribution is -2.17. The fraction of sp³-hybridized carbons (Fsp3) is 0.800. The molecule has 0 N–H and O–H groups in total. The van der Waals surface area contributed by atoms with Gasteiger partial charge in [0.25, 0.3) is 0 Å². The van der Waals surface area contributed by atoms with Gasteiger partial charge in [-0.05, 0) is 19.8 Å². The van der Waals surface area contributed by atoms with Crippen molar-refractivity contribution in [1.82, 2.24) is 10.2 Å². The van der Waals surface area contributed by atoms with Gasteiger partial charge in [-0.3, -0.25) is 0 Å². The van der Waals surface area contributed by atoms with Gasteiger partial charge >= 0.3 is 0 Å². The van der Waals surface area contributed by atoms with Gasteiger partial charge in [-0.15, -0.1) is 21.8 Å². The third-order valence-electron chi connectivity index (χ3n) is 3.00. The Kier molecular flexibility index (Phi) is 2.52. The van der Waals surface area contributed by atoms with Crippen LogP contribution < -0.4 is 0 Å². The van der Waals surface area contributed by atoms with Crippen molar-refractivity contribution in [3.05, 3.63) is 11.8 Å². The van der Waals surface area contributed by atoms with E-state index in [9.17, 15) is 0 Å². The molecule has 0 amide bonds. The highest BCUT2D eigenvalue weighted by Crippen LogP contribution is 2.40. The first-order chi connectivity index (χ1) is 6.62. The van der Waals surface area contributed by atoms with Gasteiger partial charge in [-0.25, -0.2) is 0 Å². The van der Waals surface area contributed by atoms with Gasteiger partial charge < -0.3 is 4.42 Å². The molecule has 3 nitrogen and oxygen atoms in total. The number of halogens is 1. The number of hydrogen-bond acceptors (Lipinski definition) is 3. The largest absolute Gasteiger partial charge is 0.423 e. The minimum absolute atomic E-state index is 0.0943. The van der Waals surface area contributed by atoms with E-state index >= 15 is 0 Å². The van der Waals surface area contributed by atoms with Crippen LogP contribution in [0.3, 0.4) is 0 Å². The van der Waals surface area contributed by atoms with Gasteiger partial charge in [0.1, 0.15) is 5.38 Å². The topological polar surface area (TPSA) is 38.9 Å². The molecule has 2 rings (SSSR count). The molecular formula is C10H15ClN2O. The van der Waals surface area contributed by atoms with E-state index in [1.54, 1.807) is 0 Å². The zero-order chi connectivity index (χ0) is 10.2. The van der Waals surface area contributed by atoms with E-state index in [0.717, 1.165) is 18.7 Å². The zero-order valence-corrected chi connectivity index (χ0v) is 9.34. The number of nitrogens with zero attached hydrogens (tertiary/aromatic N) is 2. The predicted molar refractivity (Wildman–Crippen MR) is 54.4 cm³/mol. The molecule has 0 radical (unpaired) electrons. The lowest BCUT2D eigenvalue weighted by Gasteiger charge is -2.17. The van der Waals surface area contributed by atoms with Crippen molar-refractivity contribution in [2.24, 2.45) is 0 Å². The van der Waals surface area contributed by atoms with E-state index in [1.165, 1.54) is 12.8 Å².